The first-order valence-corrected chi connectivity index (χ1v) is 12.4. The lowest BCUT2D eigenvalue weighted by Gasteiger charge is -2.27. The highest BCUT2D eigenvalue weighted by molar-refractivity contribution is 6.23. The number of hydrogen-bond donors (Lipinski definition) is 4. The van der Waals surface area contributed by atoms with Gasteiger partial charge in [-0.1, -0.05) is 26.2 Å². The number of nitrogens with one attached hydrogen (secondary N) is 2. The van der Waals surface area contributed by atoms with Gasteiger partial charge in [-0.25, -0.2) is 9.59 Å². The van der Waals surface area contributed by atoms with E-state index in [-0.39, 0.29) is 45.1 Å². The Morgan fingerprint density at radius 2 is 1.03 bits per heavy atom. The first-order chi connectivity index (χ1) is 16.8. The van der Waals surface area contributed by atoms with Crippen molar-refractivity contribution in [3.05, 3.63) is 46.5 Å². The molecule has 8 nitrogen and oxygen atoms in total. The molecule has 8 heteroatoms. The van der Waals surface area contributed by atoms with Gasteiger partial charge in [-0.15, -0.1) is 0 Å². The van der Waals surface area contributed by atoms with Crippen molar-refractivity contribution >= 4 is 34.5 Å². The van der Waals surface area contributed by atoms with Crippen LogP contribution in [0.5, 0.6) is 0 Å². The number of fused-ring (bicyclic) bond motifs is 1. The highest BCUT2D eigenvalue weighted by Crippen LogP contribution is 2.32. The predicted octanol–water partition coefficient (Wildman–Crippen LogP) is 4.61. The van der Waals surface area contributed by atoms with Crippen molar-refractivity contribution in [2.45, 2.75) is 76.8 Å². The quantitative estimate of drug-likeness (QED) is 0.477. The molecule has 4 rings (SSSR count). The van der Waals surface area contributed by atoms with Crippen LogP contribution in [0.25, 0.3) is 10.8 Å². The minimum absolute atomic E-state index is 0.0149. The van der Waals surface area contributed by atoms with Gasteiger partial charge in [-0.3, -0.25) is 9.59 Å². The molecule has 4 N–H and O–H groups in total. The Morgan fingerprint density at radius 1 is 0.629 bits per heavy atom. The van der Waals surface area contributed by atoms with Crippen LogP contribution in [0.3, 0.4) is 0 Å². The summed E-state index contributed by atoms with van der Waals surface area (Å²) in [6.07, 6.45) is 8.47. The summed E-state index contributed by atoms with van der Waals surface area (Å²) < 4.78 is 0. The van der Waals surface area contributed by atoms with Gasteiger partial charge in [0.15, 0.2) is 0 Å². The fourth-order valence-corrected chi connectivity index (χ4v) is 5.41. The highest BCUT2D eigenvalue weighted by atomic mass is 16.4. The number of carbonyl (C=O) groups excluding carboxylic acids is 2. The summed E-state index contributed by atoms with van der Waals surface area (Å²) in [5, 5.41) is 25.7. The zero-order valence-corrected chi connectivity index (χ0v) is 19.9. The second kappa shape index (κ2) is 10.5. The van der Waals surface area contributed by atoms with Gasteiger partial charge in [0.1, 0.15) is 0 Å². The Bertz CT molecular complexity index is 1160. The molecule has 2 aliphatic rings. The third-order valence-electron chi connectivity index (χ3n) is 7.40. The summed E-state index contributed by atoms with van der Waals surface area (Å²) in [4.78, 5) is 50.8. The number of carboxylic acid groups (broad SMARTS) is 2. The van der Waals surface area contributed by atoms with Gasteiger partial charge in [0.2, 0.25) is 0 Å². The lowest BCUT2D eigenvalue weighted by molar-refractivity contribution is 0.0684. The van der Waals surface area contributed by atoms with Crippen molar-refractivity contribution in [2.24, 2.45) is 5.92 Å². The molecule has 0 unspecified atom stereocenters. The maximum Gasteiger partial charge on any atom is 0.336 e. The normalized spacial score (nSPS) is 20.8. The molecule has 2 amide bonds. The number of amides is 2. The molecule has 35 heavy (non-hydrogen) atoms. The number of carboxylic acids is 2. The Balaban J connectivity index is 1.80. The van der Waals surface area contributed by atoms with Crippen molar-refractivity contribution < 1.29 is 29.4 Å². The molecule has 2 aromatic carbocycles. The molecular weight excluding hydrogens is 448 g/mol. The van der Waals surface area contributed by atoms with E-state index in [1.165, 1.54) is 24.3 Å². The molecule has 0 atom stereocenters. The van der Waals surface area contributed by atoms with E-state index in [0.29, 0.717) is 5.92 Å². The second-order valence-electron chi connectivity index (χ2n) is 9.92. The van der Waals surface area contributed by atoms with Crippen LogP contribution in [0, 0.1) is 5.92 Å². The van der Waals surface area contributed by atoms with Crippen molar-refractivity contribution in [1.82, 2.24) is 10.6 Å². The Labute approximate surface area is 204 Å². The van der Waals surface area contributed by atoms with E-state index < -0.39 is 23.8 Å². The van der Waals surface area contributed by atoms with Gasteiger partial charge in [0.25, 0.3) is 11.8 Å². The van der Waals surface area contributed by atoms with Crippen LogP contribution < -0.4 is 10.6 Å². The number of rotatable bonds is 6. The van der Waals surface area contributed by atoms with Gasteiger partial charge < -0.3 is 20.8 Å². The monoisotopic (exact) mass is 480 g/mol. The summed E-state index contributed by atoms with van der Waals surface area (Å²) in [6.45, 7) is 2.18. The lowest BCUT2D eigenvalue weighted by atomic mass is 9.87. The van der Waals surface area contributed by atoms with Crippen molar-refractivity contribution in [3.63, 3.8) is 0 Å². The molecule has 186 valence electrons. The van der Waals surface area contributed by atoms with Crippen molar-refractivity contribution in [2.75, 3.05) is 0 Å². The van der Waals surface area contributed by atoms with Crippen LogP contribution in [-0.2, 0) is 0 Å². The number of carbonyl (C=O) groups is 4. The zero-order chi connectivity index (χ0) is 25.1. The van der Waals surface area contributed by atoms with E-state index in [4.69, 9.17) is 0 Å². The Morgan fingerprint density at radius 3 is 1.46 bits per heavy atom. The van der Waals surface area contributed by atoms with Crippen LogP contribution in [0.2, 0.25) is 0 Å². The van der Waals surface area contributed by atoms with Crippen molar-refractivity contribution in [1.29, 1.82) is 0 Å². The Hall–Kier alpha value is -3.42. The zero-order valence-electron chi connectivity index (χ0n) is 19.9. The van der Waals surface area contributed by atoms with E-state index in [0.717, 1.165) is 57.8 Å². The lowest BCUT2D eigenvalue weighted by Crippen LogP contribution is -2.38. The standard InChI is InChI=1S/C27H32N2O6/c1-15-7-9-17(10-8-15)29-25(31)19-12-11-18(24(30)28-16-5-3-2-4-6-16)22-20(26(32)33)13-14-21(23(19)22)27(34)35/h11-17H,2-10H2,1H3,(H,28,30)(H,29,31)(H,32,33)(H,34,35)/t15-,17+. The first-order valence-electron chi connectivity index (χ1n) is 12.4. The van der Waals surface area contributed by atoms with Gasteiger partial charge in [-0.05, 0) is 68.7 Å². The van der Waals surface area contributed by atoms with E-state index in [2.05, 4.69) is 17.6 Å². The molecule has 2 saturated carbocycles. The molecule has 0 aliphatic heterocycles. The van der Waals surface area contributed by atoms with E-state index >= 15 is 0 Å². The molecule has 0 bridgehead atoms. The maximum atomic E-state index is 13.3. The number of hydrogen-bond acceptors (Lipinski definition) is 4. The third-order valence-corrected chi connectivity index (χ3v) is 7.40. The average molecular weight is 481 g/mol. The van der Waals surface area contributed by atoms with E-state index in [1.807, 2.05) is 0 Å². The van der Waals surface area contributed by atoms with Gasteiger partial charge in [0, 0.05) is 34.0 Å². The summed E-state index contributed by atoms with van der Waals surface area (Å²) in [7, 11) is 0. The van der Waals surface area contributed by atoms with Crippen LogP contribution in [0.15, 0.2) is 24.3 Å². The predicted molar refractivity (Wildman–Crippen MR) is 131 cm³/mol. The van der Waals surface area contributed by atoms with Crippen molar-refractivity contribution in [3.8, 4) is 0 Å². The Kier molecular flexibility index (Phi) is 7.38. The minimum atomic E-state index is -1.29. The number of benzene rings is 2. The van der Waals surface area contributed by atoms with E-state index in [9.17, 15) is 29.4 Å². The highest BCUT2D eigenvalue weighted by Gasteiger charge is 2.28. The topological polar surface area (TPSA) is 133 Å². The summed E-state index contributed by atoms with van der Waals surface area (Å²) >= 11 is 0. The fourth-order valence-electron chi connectivity index (χ4n) is 5.41. The van der Waals surface area contributed by atoms with Crippen LogP contribution in [-0.4, -0.2) is 46.0 Å². The van der Waals surface area contributed by atoms with Crippen LogP contribution in [0.4, 0.5) is 0 Å². The third kappa shape index (κ3) is 5.31. The summed E-state index contributed by atoms with van der Waals surface area (Å²) in [5.74, 6) is -2.91. The summed E-state index contributed by atoms with van der Waals surface area (Å²) in [5.41, 5.74) is -0.290. The van der Waals surface area contributed by atoms with Gasteiger partial charge in [-0.2, -0.15) is 0 Å². The van der Waals surface area contributed by atoms with E-state index in [1.54, 1.807) is 0 Å². The molecule has 0 saturated heterocycles. The smallest absolute Gasteiger partial charge is 0.336 e. The number of aromatic carboxylic acids is 2. The SMILES string of the molecule is C[C@H]1CC[C@@H](NC(=O)c2ccc(C(=O)NC3CCCCC3)c3c(C(=O)O)ccc(C(=O)O)c23)CC1. The second-order valence-corrected chi connectivity index (χ2v) is 9.92. The molecule has 2 aromatic rings. The van der Waals surface area contributed by atoms with Crippen LogP contribution >= 0.6 is 0 Å². The molecule has 2 fully saturated rings. The molecule has 0 aromatic heterocycles. The molecule has 0 radical (unpaired) electrons. The van der Waals surface area contributed by atoms with Gasteiger partial charge >= 0.3 is 11.9 Å². The van der Waals surface area contributed by atoms with Crippen LogP contribution in [0.1, 0.15) is 106 Å². The molecule has 0 spiro atoms. The minimum Gasteiger partial charge on any atom is -0.478 e. The van der Waals surface area contributed by atoms with Gasteiger partial charge in [0.05, 0.1) is 11.1 Å². The molecule has 2 aliphatic carbocycles. The fraction of sp³-hybridized carbons (Fsp3) is 0.481. The first kappa shape index (κ1) is 24.7. The molecular formula is C27H32N2O6. The average Bonchev–Trinajstić information content (AvgIpc) is 2.84. The maximum absolute atomic E-state index is 13.3. The summed E-state index contributed by atoms with van der Waals surface area (Å²) in [6, 6.07) is 5.22. The molecule has 0 heterocycles. The largest absolute Gasteiger partial charge is 0.478 e.